The van der Waals surface area contributed by atoms with E-state index < -0.39 is 11.7 Å². The van der Waals surface area contributed by atoms with Crippen molar-refractivity contribution in [3.05, 3.63) is 64.2 Å². The van der Waals surface area contributed by atoms with E-state index in [0.717, 1.165) is 86.9 Å². The van der Waals surface area contributed by atoms with Crippen LogP contribution in [0.2, 0.25) is 0 Å². The molecule has 2 aromatic carbocycles. The Morgan fingerprint density at radius 2 is 1.82 bits per heavy atom. The number of ether oxygens (including phenoxy) is 2. The van der Waals surface area contributed by atoms with Crippen LogP contribution in [0.4, 0.5) is 13.2 Å². The van der Waals surface area contributed by atoms with Crippen LogP contribution in [-0.4, -0.2) is 36.7 Å². The fraction of sp³-hybridized carbons (Fsp3) is 0.594. The molecule has 2 saturated carbocycles. The summed E-state index contributed by atoms with van der Waals surface area (Å²) >= 11 is 0. The number of fused-ring (bicyclic) bond motifs is 1. The number of esters is 1. The van der Waals surface area contributed by atoms with Crippen molar-refractivity contribution in [2.24, 2.45) is 11.8 Å². The maximum atomic E-state index is 13.4. The minimum absolute atomic E-state index is 0.138. The van der Waals surface area contributed by atoms with Crippen molar-refractivity contribution in [2.45, 2.75) is 88.4 Å². The van der Waals surface area contributed by atoms with Crippen LogP contribution < -0.4 is 4.74 Å². The number of hydrogen-bond acceptors (Lipinski definition) is 4. The number of nitrogens with zero attached hydrogens (tertiary/aromatic N) is 1. The second kappa shape index (κ2) is 10.1. The van der Waals surface area contributed by atoms with Gasteiger partial charge in [0, 0.05) is 19.6 Å². The summed E-state index contributed by atoms with van der Waals surface area (Å²) in [6, 6.07) is 10.8. The molecule has 4 aliphatic rings. The number of alkyl halides is 3. The minimum atomic E-state index is -4.32. The van der Waals surface area contributed by atoms with Crippen molar-refractivity contribution in [3.63, 3.8) is 0 Å². The van der Waals surface area contributed by atoms with Gasteiger partial charge in [-0.1, -0.05) is 25.1 Å². The van der Waals surface area contributed by atoms with Crippen LogP contribution in [0, 0.1) is 11.8 Å². The molecule has 0 bridgehead atoms. The number of methoxy groups -OCH3 is 1. The monoisotopic (exact) mass is 541 g/mol. The van der Waals surface area contributed by atoms with Crippen LogP contribution in [0.5, 0.6) is 5.75 Å². The summed E-state index contributed by atoms with van der Waals surface area (Å²) in [6.07, 6.45) is 3.71. The standard InChI is InChI=1S/C32H38F3NO3/c1-20(30(37)38-2)29(23-6-7-23)24-8-5-22-11-12-31(39-28(22)18-24)13-15-36(16-14-31)19-25-17-26(32(33,34)35)9-10-27(25)21-3-4-21/h5,8-10,17-18,20-21,23,29H,3-4,6-7,11-16,19H2,1-2H3/t20-,29-/m0/s1. The zero-order chi connectivity index (χ0) is 27.4. The molecule has 2 aliphatic carbocycles. The molecule has 3 fully saturated rings. The molecule has 2 aromatic rings. The Hall–Kier alpha value is -2.54. The number of carbonyl (C=O) groups is 1. The van der Waals surface area contributed by atoms with Crippen molar-refractivity contribution >= 4 is 5.97 Å². The molecule has 1 saturated heterocycles. The summed E-state index contributed by atoms with van der Waals surface area (Å²) in [5.74, 6) is 1.63. The van der Waals surface area contributed by atoms with E-state index in [1.54, 1.807) is 6.07 Å². The molecule has 0 unspecified atom stereocenters. The van der Waals surface area contributed by atoms with Crippen LogP contribution in [-0.2, 0) is 28.7 Å². The number of carbonyl (C=O) groups excluding carboxylic acids is 1. The third-order valence-corrected chi connectivity index (χ3v) is 9.54. The first-order chi connectivity index (χ1) is 18.7. The van der Waals surface area contributed by atoms with Gasteiger partial charge in [-0.25, -0.2) is 0 Å². The largest absolute Gasteiger partial charge is 0.487 e. The first kappa shape index (κ1) is 26.7. The van der Waals surface area contributed by atoms with Crippen LogP contribution in [0.3, 0.4) is 0 Å². The highest BCUT2D eigenvalue weighted by Crippen LogP contribution is 2.49. The van der Waals surface area contributed by atoms with Gasteiger partial charge in [0.25, 0.3) is 0 Å². The minimum Gasteiger partial charge on any atom is -0.487 e. The summed E-state index contributed by atoms with van der Waals surface area (Å²) in [4.78, 5) is 14.7. The van der Waals surface area contributed by atoms with Gasteiger partial charge in [-0.05, 0) is 110 Å². The lowest BCUT2D eigenvalue weighted by Gasteiger charge is -2.45. The zero-order valence-electron chi connectivity index (χ0n) is 22.9. The molecule has 0 radical (unpaired) electrons. The van der Waals surface area contributed by atoms with Crippen molar-refractivity contribution < 1.29 is 27.4 Å². The Labute approximate surface area is 228 Å². The van der Waals surface area contributed by atoms with Crippen LogP contribution in [0.1, 0.15) is 91.5 Å². The Bertz CT molecular complexity index is 1230. The average molecular weight is 542 g/mol. The highest BCUT2D eigenvalue weighted by molar-refractivity contribution is 5.73. The van der Waals surface area contributed by atoms with Gasteiger partial charge in [-0.15, -0.1) is 0 Å². The second-order valence-electron chi connectivity index (χ2n) is 12.3. The van der Waals surface area contributed by atoms with Gasteiger partial charge in [0.2, 0.25) is 0 Å². The Balaban J connectivity index is 1.15. The van der Waals surface area contributed by atoms with E-state index in [4.69, 9.17) is 9.47 Å². The molecule has 210 valence electrons. The third kappa shape index (κ3) is 5.57. The number of piperidine rings is 1. The van der Waals surface area contributed by atoms with Crippen molar-refractivity contribution in [1.29, 1.82) is 0 Å². The predicted octanol–water partition coefficient (Wildman–Crippen LogP) is 7.25. The molecule has 2 aliphatic heterocycles. The van der Waals surface area contributed by atoms with Crippen LogP contribution >= 0.6 is 0 Å². The summed E-state index contributed by atoms with van der Waals surface area (Å²) in [5.41, 5.74) is 3.49. The summed E-state index contributed by atoms with van der Waals surface area (Å²) < 4.78 is 52.1. The zero-order valence-corrected chi connectivity index (χ0v) is 22.9. The molecule has 0 aromatic heterocycles. The van der Waals surface area contributed by atoms with E-state index in [9.17, 15) is 18.0 Å². The van der Waals surface area contributed by atoms with Gasteiger partial charge in [-0.2, -0.15) is 13.2 Å². The summed E-state index contributed by atoms with van der Waals surface area (Å²) in [5, 5.41) is 0. The van der Waals surface area contributed by atoms with Crippen molar-refractivity contribution in [1.82, 2.24) is 4.90 Å². The fourth-order valence-electron chi connectivity index (χ4n) is 6.91. The van der Waals surface area contributed by atoms with Crippen molar-refractivity contribution in [3.8, 4) is 5.75 Å². The van der Waals surface area contributed by atoms with E-state index >= 15 is 0 Å². The quantitative estimate of drug-likeness (QED) is 0.346. The Kier molecular flexibility index (Phi) is 6.93. The van der Waals surface area contributed by atoms with E-state index in [-0.39, 0.29) is 23.4 Å². The van der Waals surface area contributed by atoms with E-state index in [1.807, 2.05) is 6.92 Å². The number of likely N-dealkylation sites (tertiary alicyclic amines) is 1. The molecule has 39 heavy (non-hydrogen) atoms. The molecule has 0 amide bonds. The summed E-state index contributed by atoms with van der Waals surface area (Å²) in [7, 11) is 1.45. The highest BCUT2D eigenvalue weighted by atomic mass is 19.4. The number of rotatable bonds is 7. The topological polar surface area (TPSA) is 38.8 Å². The van der Waals surface area contributed by atoms with Gasteiger partial charge in [-0.3, -0.25) is 9.69 Å². The second-order valence-corrected chi connectivity index (χ2v) is 12.3. The number of hydrogen-bond donors (Lipinski definition) is 0. The molecule has 1 spiro atoms. The lowest BCUT2D eigenvalue weighted by Crippen LogP contribution is -2.49. The predicted molar refractivity (Wildman–Crippen MR) is 143 cm³/mol. The average Bonchev–Trinajstić information content (AvgIpc) is 3.84. The maximum Gasteiger partial charge on any atom is 0.416 e. The maximum absolute atomic E-state index is 13.4. The third-order valence-electron chi connectivity index (χ3n) is 9.54. The molecule has 4 nitrogen and oxygen atoms in total. The van der Waals surface area contributed by atoms with E-state index in [2.05, 4.69) is 23.1 Å². The number of benzene rings is 2. The van der Waals surface area contributed by atoms with E-state index in [1.165, 1.54) is 24.8 Å². The summed E-state index contributed by atoms with van der Waals surface area (Å²) in [6.45, 7) is 4.13. The SMILES string of the molecule is COC(=O)[C@@H](C)[C@H](c1ccc2c(c1)OC1(CC2)CCN(Cc2cc(C(F)(F)F)ccc2C2CC2)CC1)C1CC1. The van der Waals surface area contributed by atoms with Gasteiger partial charge in [0.15, 0.2) is 0 Å². The molecular weight excluding hydrogens is 503 g/mol. The molecular formula is C32H38F3NO3. The molecule has 2 heterocycles. The van der Waals surface area contributed by atoms with Crippen LogP contribution in [0.25, 0.3) is 0 Å². The Morgan fingerprint density at radius 1 is 1.08 bits per heavy atom. The number of aryl methyl sites for hydroxylation is 1. The van der Waals surface area contributed by atoms with Gasteiger partial charge >= 0.3 is 12.1 Å². The molecule has 2 atom stereocenters. The van der Waals surface area contributed by atoms with Gasteiger partial charge in [0.1, 0.15) is 11.4 Å². The Morgan fingerprint density at radius 3 is 2.46 bits per heavy atom. The first-order valence-corrected chi connectivity index (χ1v) is 14.5. The lowest BCUT2D eigenvalue weighted by atomic mass is 9.80. The number of halogens is 3. The first-order valence-electron chi connectivity index (χ1n) is 14.5. The lowest BCUT2D eigenvalue weighted by molar-refractivity contribution is -0.145. The van der Waals surface area contributed by atoms with Crippen LogP contribution in [0.15, 0.2) is 36.4 Å². The van der Waals surface area contributed by atoms with Crippen molar-refractivity contribution in [2.75, 3.05) is 20.2 Å². The van der Waals surface area contributed by atoms with Gasteiger partial charge < -0.3 is 9.47 Å². The fourth-order valence-corrected chi connectivity index (χ4v) is 6.91. The van der Waals surface area contributed by atoms with Gasteiger partial charge in [0.05, 0.1) is 18.6 Å². The highest BCUT2D eigenvalue weighted by Gasteiger charge is 2.42. The molecule has 6 rings (SSSR count). The molecule has 7 heteroatoms. The smallest absolute Gasteiger partial charge is 0.416 e. The van der Waals surface area contributed by atoms with E-state index in [0.29, 0.717) is 18.4 Å². The normalized spacial score (nSPS) is 22.6. The molecule has 0 N–H and O–H groups in total.